The van der Waals surface area contributed by atoms with Crippen molar-refractivity contribution in [2.45, 2.75) is 25.4 Å². The predicted molar refractivity (Wildman–Crippen MR) is 64.7 cm³/mol. The number of carbonyl (C=O) groups excluding carboxylic acids is 2. The largest absolute Gasteiger partial charge is 0.455 e. The molecule has 1 atom stereocenters. The van der Waals surface area contributed by atoms with Crippen LogP contribution < -0.4 is 11.1 Å². The van der Waals surface area contributed by atoms with Gasteiger partial charge in [0.25, 0.3) is 5.91 Å². The molecule has 0 aliphatic carbocycles. The van der Waals surface area contributed by atoms with Crippen LogP contribution in [0.3, 0.4) is 0 Å². The van der Waals surface area contributed by atoms with E-state index in [4.69, 9.17) is 10.2 Å². The Morgan fingerprint density at radius 1 is 1.56 bits per heavy atom. The molecule has 0 radical (unpaired) electrons. The minimum atomic E-state index is -0.395. The number of nitrogens with two attached hydrogens (primary N) is 1. The summed E-state index contributed by atoms with van der Waals surface area (Å²) in [6, 6.07) is 2.89. The van der Waals surface area contributed by atoms with E-state index in [0.717, 1.165) is 6.42 Å². The maximum atomic E-state index is 12.2. The molecule has 2 amide bonds. The minimum absolute atomic E-state index is 0.133. The van der Waals surface area contributed by atoms with Gasteiger partial charge in [0.15, 0.2) is 5.76 Å². The van der Waals surface area contributed by atoms with Gasteiger partial charge in [-0.15, -0.1) is 0 Å². The van der Waals surface area contributed by atoms with Gasteiger partial charge >= 0.3 is 0 Å². The van der Waals surface area contributed by atoms with Crippen LogP contribution >= 0.6 is 0 Å². The molecule has 1 fully saturated rings. The molecule has 6 heteroatoms. The Morgan fingerprint density at radius 2 is 2.33 bits per heavy atom. The molecule has 1 aromatic heterocycles. The molecule has 2 heterocycles. The normalized spacial score (nSPS) is 19.0. The molecule has 0 saturated carbocycles. The molecule has 1 aliphatic rings. The van der Waals surface area contributed by atoms with Crippen LogP contribution in [0.15, 0.2) is 16.5 Å². The summed E-state index contributed by atoms with van der Waals surface area (Å²) in [5.41, 5.74) is 5.43. The molecule has 98 valence electrons. The first-order valence-electron chi connectivity index (χ1n) is 5.98. The van der Waals surface area contributed by atoms with Crippen molar-refractivity contribution in [3.05, 3.63) is 23.7 Å². The molecule has 18 heavy (non-hydrogen) atoms. The summed E-state index contributed by atoms with van der Waals surface area (Å²) in [5, 5.41) is 2.58. The second kappa shape index (κ2) is 5.22. The molecule has 0 bridgehead atoms. The highest BCUT2D eigenvalue weighted by Gasteiger charge is 2.35. The molecule has 0 spiro atoms. The zero-order valence-electron chi connectivity index (χ0n) is 10.3. The number of likely N-dealkylation sites (N-methyl/N-ethyl adjacent to an activating group) is 1. The van der Waals surface area contributed by atoms with Gasteiger partial charge in [-0.05, 0) is 25.0 Å². The van der Waals surface area contributed by atoms with Crippen LogP contribution in [0.5, 0.6) is 0 Å². The van der Waals surface area contributed by atoms with Gasteiger partial charge in [0.05, 0.1) is 6.54 Å². The van der Waals surface area contributed by atoms with Crippen LogP contribution in [-0.4, -0.2) is 36.3 Å². The maximum Gasteiger partial charge on any atom is 0.290 e. The summed E-state index contributed by atoms with van der Waals surface area (Å²) in [6.07, 6.45) is 1.52. The number of nitrogens with one attached hydrogen (secondary N) is 1. The highest BCUT2D eigenvalue weighted by Crippen LogP contribution is 2.21. The van der Waals surface area contributed by atoms with E-state index in [-0.39, 0.29) is 24.1 Å². The van der Waals surface area contributed by atoms with Crippen LogP contribution in [0.1, 0.15) is 29.2 Å². The van der Waals surface area contributed by atoms with E-state index in [1.165, 1.54) is 0 Å². The fourth-order valence-corrected chi connectivity index (χ4v) is 2.19. The van der Waals surface area contributed by atoms with Crippen LogP contribution in [0, 0.1) is 0 Å². The van der Waals surface area contributed by atoms with Crippen molar-refractivity contribution in [1.82, 2.24) is 10.2 Å². The molecule has 1 aliphatic heterocycles. The van der Waals surface area contributed by atoms with Crippen molar-refractivity contribution in [2.24, 2.45) is 5.73 Å². The summed E-state index contributed by atoms with van der Waals surface area (Å²) in [6.45, 7) is 0.835. The van der Waals surface area contributed by atoms with Crippen LogP contribution in [0.2, 0.25) is 0 Å². The third-order valence-corrected chi connectivity index (χ3v) is 3.14. The van der Waals surface area contributed by atoms with E-state index < -0.39 is 6.04 Å². The lowest BCUT2D eigenvalue weighted by Crippen LogP contribution is -2.44. The molecule has 2 rings (SSSR count). The van der Waals surface area contributed by atoms with E-state index >= 15 is 0 Å². The van der Waals surface area contributed by atoms with Crippen molar-refractivity contribution in [1.29, 1.82) is 0 Å². The molecule has 1 unspecified atom stereocenters. The number of nitrogens with zero attached hydrogens (tertiary/aromatic N) is 1. The van der Waals surface area contributed by atoms with Crippen molar-refractivity contribution >= 4 is 11.8 Å². The number of hydrogen-bond acceptors (Lipinski definition) is 4. The monoisotopic (exact) mass is 251 g/mol. The number of likely N-dealkylation sites (tertiary alicyclic amines) is 1. The molecule has 1 aromatic rings. The third kappa shape index (κ3) is 2.24. The summed E-state index contributed by atoms with van der Waals surface area (Å²) in [5.74, 6) is 0.424. The van der Waals surface area contributed by atoms with Gasteiger partial charge in [-0.2, -0.15) is 0 Å². The minimum Gasteiger partial charge on any atom is -0.455 e. The second-order valence-electron chi connectivity index (χ2n) is 4.24. The lowest BCUT2D eigenvalue weighted by Gasteiger charge is -2.22. The molecule has 1 saturated heterocycles. The fourth-order valence-electron chi connectivity index (χ4n) is 2.19. The fraction of sp³-hybridized carbons (Fsp3) is 0.500. The van der Waals surface area contributed by atoms with Gasteiger partial charge in [-0.3, -0.25) is 9.59 Å². The first-order chi connectivity index (χ1) is 8.67. The smallest absolute Gasteiger partial charge is 0.290 e. The quantitative estimate of drug-likeness (QED) is 0.796. The zero-order valence-corrected chi connectivity index (χ0v) is 10.3. The van der Waals surface area contributed by atoms with E-state index in [9.17, 15) is 9.59 Å². The van der Waals surface area contributed by atoms with E-state index in [1.54, 1.807) is 24.1 Å². The summed E-state index contributed by atoms with van der Waals surface area (Å²) in [7, 11) is 1.57. The number of amides is 2. The van der Waals surface area contributed by atoms with Crippen LogP contribution in [0.4, 0.5) is 0 Å². The molecule has 6 nitrogen and oxygen atoms in total. The number of carbonyl (C=O) groups is 2. The van der Waals surface area contributed by atoms with Crippen LogP contribution in [0.25, 0.3) is 0 Å². The van der Waals surface area contributed by atoms with E-state index in [1.807, 2.05) is 0 Å². The van der Waals surface area contributed by atoms with Gasteiger partial charge in [0, 0.05) is 13.6 Å². The van der Waals surface area contributed by atoms with Crippen molar-refractivity contribution in [2.75, 3.05) is 13.6 Å². The number of furan rings is 1. The van der Waals surface area contributed by atoms with Gasteiger partial charge in [-0.25, -0.2) is 0 Å². The Bertz CT molecular complexity index is 455. The first kappa shape index (κ1) is 12.6. The molecular weight excluding hydrogens is 234 g/mol. The second-order valence-corrected chi connectivity index (χ2v) is 4.24. The Balaban J connectivity index is 2.15. The highest BCUT2D eigenvalue weighted by atomic mass is 16.4. The SMILES string of the molecule is CNC(=O)C1CCCN1C(=O)c1ccc(CN)o1. The maximum absolute atomic E-state index is 12.2. The molecule has 3 N–H and O–H groups in total. The predicted octanol–water partition coefficient (Wildman–Crippen LogP) is 0.0889. The van der Waals surface area contributed by atoms with E-state index in [2.05, 4.69) is 5.32 Å². The van der Waals surface area contributed by atoms with Gasteiger partial charge < -0.3 is 20.4 Å². The summed E-state index contributed by atoms with van der Waals surface area (Å²) < 4.78 is 5.32. The highest BCUT2D eigenvalue weighted by molar-refractivity contribution is 5.96. The topological polar surface area (TPSA) is 88.6 Å². The lowest BCUT2D eigenvalue weighted by atomic mass is 10.2. The average molecular weight is 251 g/mol. The Kier molecular flexibility index (Phi) is 3.66. The average Bonchev–Trinajstić information content (AvgIpc) is 3.05. The summed E-state index contributed by atoms with van der Waals surface area (Å²) in [4.78, 5) is 25.4. The third-order valence-electron chi connectivity index (χ3n) is 3.14. The zero-order chi connectivity index (χ0) is 13.1. The van der Waals surface area contributed by atoms with Gasteiger partial charge in [0.2, 0.25) is 5.91 Å². The summed E-state index contributed by atoms with van der Waals surface area (Å²) >= 11 is 0. The van der Waals surface area contributed by atoms with Crippen LogP contribution in [-0.2, 0) is 11.3 Å². The van der Waals surface area contributed by atoms with Crippen molar-refractivity contribution in [3.63, 3.8) is 0 Å². The Labute approximate surface area is 105 Å². The Hall–Kier alpha value is -1.82. The van der Waals surface area contributed by atoms with Gasteiger partial charge in [-0.1, -0.05) is 0 Å². The number of rotatable bonds is 3. The van der Waals surface area contributed by atoms with E-state index in [0.29, 0.717) is 18.7 Å². The number of hydrogen-bond donors (Lipinski definition) is 2. The Morgan fingerprint density at radius 3 is 2.94 bits per heavy atom. The molecular formula is C12H17N3O3. The first-order valence-corrected chi connectivity index (χ1v) is 5.98. The van der Waals surface area contributed by atoms with Crippen molar-refractivity contribution in [3.8, 4) is 0 Å². The van der Waals surface area contributed by atoms with Crippen molar-refractivity contribution < 1.29 is 14.0 Å². The standard InChI is InChI=1S/C12H17N3O3/c1-14-11(16)9-3-2-6-15(9)12(17)10-5-4-8(7-13)18-10/h4-5,9H,2-3,6-7,13H2,1H3,(H,14,16). The molecule has 0 aromatic carbocycles. The lowest BCUT2D eigenvalue weighted by molar-refractivity contribution is -0.124. The van der Waals surface area contributed by atoms with Gasteiger partial charge in [0.1, 0.15) is 11.8 Å².